The van der Waals surface area contributed by atoms with Crippen LogP contribution in [-0.2, 0) is 22.7 Å². The minimum absolute atomic E-state index is 0.0781. The quantitative estimate of drug-likeness (QED) is 0.582. The van der Waals surface area contributed by atoms with Crippen LogP contribution in [0.1, 0.15) is 58.6 Å². The fourth-order valence-corrected chi connectivity index (χ4v) is 5.58. The molecule has 2 aromatic carbocycles. The molecule has 0 spiro atoms. The molecule has 9 heteroatoms. The van der Waals surface area contributed by atoms with Gasteiger partial charge in [0.2, 0.25) is 11.8 Å². The molecule has 2 fully saturated rings. The molecule has 3 aliphatic rings. The van der Waals surface area contributed by atoms with Crippen molar-refractivity contribution in [3.63, 3.8) is 0 Å². The molecule has 2 saturated heterocycles. The molecule has 0 radical (unpaired) electrons. The van der Waals surface area contributed by atoms with E-state index in [1.165, 1.54) is 22.9 Å². The van der Waals surface area contributed by atoms with Crippen molar-refractivity contribution >= 4 is 28.8 Å². The molecule has 3 aliphatic heterocycles. The lowest BCUT2D eigenvalue weighted by Crippen LogP contribution is -2.52. The minimum Gasteiger partial charge on any atom is -0.443 e. The third-order valence-corrected chi connectivity index (χ3v) is 7.47. The van der Waals surface area contributed by atoms with Crippen LogP contribution >= 0.6 is 0 Å². The fraction of sp³-hybridized carbons (Fsp3) is 0.385. The van der Waals surface area contributed by atoms with E-state index in [0.29, 0.717) is 17.5 Å². The van der Waals surface area contributed by atoms with Crippen LogP contribution in [-0.4, -0.2) is 51.6 Å². The van der Waals surface area contributed by atoms with Gasteiger partial charge < -0.3 is 9.32 Å². The van der Waals surface area contributed by atoms with Crippen LogP contribution in [0.25, 0.3) is 11.1 Å². The van der Waals surface area contributed by atoms with E-state index in [4.69, 9.17) is 4.42 Å². The smallest absolute Gasteiger partial charge is 0.255 e. The molecule has 1 aromatic heterocycles. The summed E-state index contributed by atoms with van der Waals surface area (Å²) in [5.74, 6) is -1.42. The number of fused-ring (bicyclic) bond motifs is 2. The molecule has 0 aliphatic carbocycles. The second kappa shape index (κ2) is 8.57. The first-order valence-electron chi connectivity index (χ1n) is 12.0. The predicted octanol–water partition coefficient (Wildman–Crippen LogP) is 3.11. The Hall–Kier alpha value is -3.59. The molecule has 6 rings (SSSR count). The van der Waals surface area contributed by atoms with E-state index in [1.54, 1.807) is 0 Å². The molecular formula is C26H25FN4O4. The molecule has 180 valence electrons. The van der Waals surface area contributed by atoms with Gasteiger partial charge in [0.15, 0.2) is 12.0 Å². The summed E-state index contributed by atoms with van der Waals surface area (Å²) in [7, 11) is 0. The summed E-state index contributed by atoms with van der Waals surface area (Å²) in [6.07, 6.45) is 3.59. The van der Waals surface area contributed by atoms with Gasteiger partial charge in [0.25, 0.3) is 5.91 Å². The summed E-state index contributed by atoms with van der Waals surface area (Å²) in [4.78, 5) is 44.7. The van der Waals surface area contributed by atoms with Crippen molar-refractivity contribution in [3.8, 4) is 0 Å². The maximum absolute atomic E-state index is 15.1. The van der Waals surface area contributed by atoms with E-state index in [-0.39, 0.29) is 36.5 Å². The number of nitrogens with zero attached hydrogens (tertiary/aromatic N) is 3. The highest BCUT2D eigenvalue weighted by molar-refractivity contribution is 6.05. The van der Waals surface area contributed by atoms with Gasteiger partial charge in [-0.1, -0.05) is 12.1 Å². The van der Waals surface area contributed by atoms with Crippen molar-refractivity contribution in [2.75, 3.05) is 13.1 Å². The van der Waals surface area contributed by atoms with Gasteiger partial charge in [-0.05, 0) is 73.2 Å². The van der Waals surface area contributed by atoms with Crippen LogP contribution in [0.4, 0.5) is 4.39 Å². The number of oxazole rings is 1. The zero-order valence-corrected chi connectivity index (χ0v) is 19.1. The lowest BCUT2D eigenvalue weighted by molar-refractivity contribution is -0.136. The fourth-order valence-electron chi connectivity index (χ4n) is 5.58. The summed E-state index contributed by atoms with van der Waals surface area (Å²) >= 11 is 0. The summed E-state index contributed by atoms with van der Waals surface area (Å²) in [6, 6.07) is 8.47. The number of imide groups is 1. The van der Waals surface area contributed by atoms with E-state index >= 15 is 4.39 Å². The first-order valence-corrected chi connectivity index (χ1v) is 12.0. The third-order valence-electron chi connectivity index (χ3n) is 7.47. The summed E-state index contributed by atoms with van der Waals surface area (Å²) < 4.78 is 20.4. The molecule has 1 atom stereocenters. The largest absolute Gasteiger partial charge is 0.443 e. The molecule has 8 nitrogen and oxygen atoms in total. The maximum Gasteiger partial charge on any atom is 0.255 e. The van der Waals surface area contributed by atoms with Crippen molar-refractivity contribution in [2.24, 2.45) is 0 Å². The van der Waals surface area contributed by atoms with Crippen molar-refractivity contribution < 1.29 is 23.2 Å². The third kappa shape index (κ3) is 3.99. The van der Waals surface area contributed by atoms with Crippen molar-refractivity contribution in [1.29, 1.82) is 0 Å². The van der Waals surface area contributed by atoms with E-state index in [9.17, 15) is 14.4 Å². The van der Waals surface area contributed by atoms with E-state index in [0.717, 1.165) is 49.1 Å². The van der Waals surface area contributed by atoms with E-state index in [2.05, 4.69) is 15.2 Å². The Morgan fingerprint density at radius 2 is 1.91 bits per heavy atom. The van der Waals surface area contributed by atoms with Crippen LogP contribution in [0, 0.1) is 5.82 Å². The van der Waals surface area contributed by atoms with Gasteiger partial charge >= 0.3 is 0 Å². The summed E-state index contributed by atoms with van der Waals surface area (Å²) in [5, 5.41) is 2.30. The number of amides is 3. The van der Waals surface area contributed by atoms with Crippen LogP contribution in [0.5, 0.6) is 0 Å². The van der Waals surface area contributed by atoms with Crippen molar-refractivity contribution in [3.05, 3.63) is 64.8 Å². The number of halogens is 1. The number of carbonyl (C=O) groups is 3. The second-order valence-electron chi connectivity index (χ2n) is 9.64. The highest BCUT2D eigenvalue weighted by Crippen LogP contribution is 2.35. The Morgan fingerprint density at radius 3 is 2.71 bits per heavy atom. The average molecular weight is 477 g/mol. The van der Waals surface area contributed by atoms with Crippen LogP contribution < -0.4 is 5.32 Å². The maximum atomic E-state index is 15.1. The molecule has 4 heterocycles. The van der Waals surface area contributed by atoms with Crippen LogP contribution in [0.15, 0.2) is 41.1 Å². The highest BCUT2D eigenvalue weighted by Gasteiger charge is 2.40. The predicted molar refractivity (Wildman–Crippen MR) is 124 cm³/mol. The monoisotopic (exact) mass is 476 g/mol. The number of rotatable bonds is 4. The number of nitrogens with one attached hydrogen (secondary N) is 1. The van der Waals surface area contributed by atoms with Crippen LogP contribution in [0.3, 0.4) is 0 Å². The number of likely N-dealkylation sites (tertiary alicyclic amines) is 1. The Bertz CT molecular complexity index is 1340. The first-order chi connectivity index (χ1) is 17.0. The van der Waals surface area contributed by atoms with E-state index in [1.807, 2.05) is 24.3 Å². The Kier molecular flexibility index (Phi) is 5.36. The Balaban J connectivity index is 1.13. The van der Waals surface area contributed by atoms with Gasteiger partial charge in [0.05, 0.1) is 0 Å². The molecule has 3 amide bonds. The minimum atomic E-state index is -0.696. The molecule has 1 N–H and O–H groups in total. The SMILES string of the molecule is O=C1CCC(N2Cc3cc(C4CCN(Cc5ccc6ocnc6c5)CC4)c(F)cc3C2=O)C(=O)N1. The van der Waals surface area contributed by atoms with Gasteiger partial charge in [-0.25, -0.2) is 9.37 Å². The highest BCUT2D eigenvalue weighted by atomic mass is 19.1. The lowest BCUT2D eigenvalue weighted by atomic mass is 9.87. The molecule has 3 aromatic rings. The molecule has 0 bridgehead atoms. The summed E-state index contributed by atoms with van der Waals surface area (Å²) in [6.45, 7) is 2.76. The number of hydrogen-bond donors (Lipinski definition) is 1. The van der Waals surface area contributed by atoms with Gasteiger partial charge in [-0.15, -0.1) is 0 Å². The van der Waals surface area contributed by atoms with E-state index < -0.39 is 11.9 Å². The molecule has 0 saturated carbocycles. The topological polar surface area (TPSA) is 95.8 Å². The zero-order chi connectivity index (χ0) is 24.1. The number of hydrogen-bond acceptors (Lipinski definition) is 6. The van der Waals surface area contributed by atoms with Gasteiger partial charge in [-0.2, -0.15) is 0 Å². The second-order valence-corrected chi connectivity index (χ2v) is 9.64. The molecule has 35 heavy (non-hydrogen) atoms. The van der Waals surface area contributed by atoms with Crippen molar-refractivity contribution in [2.45, 2.75) is 50.7 Å². The number of carbonyl (C=O) groups excluding carboxylic acids is 3. The standard InChI is InChI=1S/C26H25FN4O4/c27-20-11-19-17(13-31(26(19)34)22-2-4-24(32)29-25(22)33)10-18(20)16-5-7-30(8-6-16)12-15-1-3-23-21(9-15)28-14-35-23/h1,3,9-11,14,16,22H,2,4-8,12-13H2,(H,29,32,33). The van der Waals surface area contributed by atoms with Gasteiger partial charge in [0, 0.05) is 25.1 Å². The summed E-state index contributed by atoms with van der Waals surface area (Å²) in [5.41, 5.74) is 4.50. The molecular weight excluding hydrogens is 451 g/mol. The average Bonchev–Trinajstić information content (AvgIpc) is 3.43. The zero-order valence-electron chi connectivity index (χ0n) is 19.1. The molecule has 1 unspecified atom stereocenters. The van der Waals surface area contributed by atoms with Gasteiger partial charge in [-0.3, -0.25) is 24.6 Å². The first kappa shape index (κ1) is 21.9. The van der Waals surface area contributed by atoms with Gasteiger partial charge in [0.1, 0.15) is 17.4 Å². The lowest BCUT2D eigenvalue weighted by Gasteiger charge is -2.32. The normalized spacial score (nSPS) is 21.6. The van der Waals surface area contributed by atoms with Crippen LogP contribution in [0.2, 0.25) is 0 Å². The van der Waals surface area contributed by atoms with Crippen molar-refractivity contribution in [1.82, 2.24) is 20.1 Å². The number of aromatic nitrogens is 1. The number of piperidine rings is 2. The number of benzene rings is 2. The Morgan fingerprint density at radius 1 is 1.09 bits per heavy atom. The Labute approximate surface area is 201 Å².